The van der Waals surface area contributed by atoms with Gasteiger partial charge < -0.3 is 0 Å². The molecule has 154 valence electrons. The molecule has 5 nitrogen and oxygen atoms in total. The number of amides is 1. The summed E-state index contributed by atoms with van der Waals surface area (Å²) in [6.07, 6.45) is 1.88. The van der Waals surface area contributed by atoms with Crippen molar-refractivity contribution >= 4 is 38.2 Å². The number of pyridine rings is 1. The Bertz CT molecular complexity index is 1420. The third-order valence-corrected chi connectivity index (χ3v) is 6.41. The molecule has 2 aromatic carbocycles. The molecule has 3 aromatic heterocycles. The fourth-order valence-electron chi connectivity index (χ4n) is 3.97. The Hall–Kier alpha value is -3.51. The van der Waals surface area contributed by atoms with Gasteiger partial charge >= 0.3 is 0 Å². The molecule has 0 bridgehead atoms. The van der Waals surface area contributed by atoms with E-state index in [9.17, 15) is 4.79 Å². The van der Waals surface area contributed by atoms with Crippen LogP contribution in [-0.4, -0.2) is 20.3 Å². The molecule has 0 aliphatic heterocycles. The molecule has 1 amide bonds. The van der Waals surface area contributed by atoms with Crippen LogP contribution in [0, 0.1) is 20.8 Å². The van der Waals surface area contributed by atoms with Gasteiger partial charge in [-0.25, -0.2) is 9.97 Å². The van der Waals surface area contributed by atoms with Crippen LogP contribution in [0.3, 0.4) is 0 Å². The SMILES string of the molecule is Cc1cc(C)c2nc(N(Cc3ccccc3)C(=O)c3c(C)nc4ccccn34)sc2c1. The Balaban J connectivity index is 1.66. The van der Waals surface area contributed by atoms with Gasteiger partial charge in [0.05, 0.1) is 22.5 Å². The Morgan fingerprint density at radius 1 is 1.00 bits per heavy atom. The van der Waals surface area contributed by atoms with Gasteiger partial charge in [-0.1, -0.05) is 53.8 Å². The molecular weight excluding hydrogens is 404 g/mol. The van der Waals surface area contributed by atoms with Crippen LogP contribution in [-0.2, 0) is 6.54 Å². The van der Waals surface area contributed by atoms with E-state index in [2.05, 4.69) is 31.0 Å². The van der Waals surface area contributed by atoms with Gasteiger partial charge in [-0.15, -0.1) is 0 Å². The Morgan fingerprint density at radius 3 is 2.58 bits per heavy atom. The number of fused-ring (bicyclic) bond motifs is 2. The number of hydrogen-bond donors (Lipinski definition) is 0. The van der Waals surface area contributed by atoms with E-state index in [1.165, 1.54) is 5.56 Å². The van der Waals surface area contributed by atoms with Crippen molar-refractivity contribution in [2.45, 2.75) is 27.3 Å². The van der Waals surface area contributed by atoms with Crippen LogP contribution in [0.25, 0.3) is 15.9 Å². The van der Waals surface area contributed by atoms with Crippen molar-refractivity contribution in [2.75, 3.05) is 4.90 Å². The summed E-state index contributed by atoms with van der Waals surface area (Å²) in [5.74, 6) is -0.103. The minimum atomic E-state index is -0.103. The zero-order valence-electron chi connectivity index (χ0n) is 17.7. The number of hydrogen-bond acceptors (Lipinski definition) is 4. The maximum absolute atomic E-state index is 13.9. The second-order valence-corrected chi connectivity index (χ2v) is 8.79. The van der Waals surface area contributed by atoms with Crippen LogP contribution in [0.4, 0.5) is 5.13 Å². The molecule has 3 heterocycles. The van der Waals surface area contributed by atoms with Gasteiger partial charge in [0.1, 0.15) is 11.3 Å². The van der Waals surface area contributed by atoms with Gasteiger partial charge in [0.2, 0.25) is 0 Å². The summed E-state index contributed by atoms with van der Waals surface area (Å²) in [5.41, 5.74) is 6.36. The number of aryl methyl sites for hydroxylation is 3. The molecule has 31 heavy (non-hydrogen) atoms. The van der Waals surface area contributed by atoms with E-state index >= 15 is 0 Å². The first kappa shape index (κ1) is 19.5. The van der Waals surface area contributed by atoms with Crippen molar-refractivity contribution in [1.29, 1.82) is 0 Å². The lowest BCUT2D eigenvalue weighted by Gasteiger charge is -2.20. The molecule has 0 atom stereocenters. The maximum Gasteiger partial charge on any atom is 0.279 e. The van der Waals surface area contributed by atoms with Crippen molar-refractivity contribution in [1.82, 2.24) is 14.4 Å². The molecule has 0 saturated carbocycles. The molecule has 0 aliphatic carbocycles. The summed E-state index contributed by atoms with van der Waals surface area (Å²) < 4.78 is 2.95. The fourth-order valence-corrected chi connectivity index (χ4v) is 5.11. The predicted molar refractivity (Wildman–Crippen MR) is 126 cm³/mol. The molecule has 0 unspecified atom stereocenters. The standard InChI is InChI=1S/C25H22N4OS/c1-16-13-17(2)22-20(14-16)31-25(27-22)29(15-19-9-5-4-6-10-19)24(30)23-18(3)26-21-11-7-8-12-28(21)23/h4-14H,15H2,1-3H3. The van der Waals surface area contributed by atoms with E-state index in [-0.39, 0.29) is 5.91 Å². The van der Waals surface area contributed by atoms with E-state index < -0.39 is 0 Å². The van der Waals surface area contributed by atoms with Crippen molar-refractivity contribution in [3.05, 3.63) is 94.9 Å². The Kier molecular flexibility index (Phi) is 4.79. The molecule has 5 aromatic rings. The van der Waals surface area contributed by atoms with E-state index in [4.69, 9.17) is 4.98 Å². The van der Waals surface area contributed by atoms with Crippen molar-refractivity contribution in [3.63, 3.8) is 0 Å². The van der Waals surface area contributed by atoms with E-state index in [1.807, 2.05) is 66.1 Å². The highest BCUT2D eigenvalue weighted by Crippen LogP contribution is 2.33. The van der Waals surface area contributed by atoms with Crippen molar-refractivity contribution < 1.29 is 4.79 Å². The molecule has 0 saturated heterocycles. The lowest BCUT2D eigenvalue weighted by atomic mass is 10.1. The summed E-state index contributed by atoms with van der Waals surface area (Å²) in [5, 5.41) is 0.697. The van der Waals surface area contributed by atoms with Crippen LogP contribution in [0.1, 0.15) is 32.9 Å². The Morgan fingerprint density at radius 2 is 1.77 bits per heavy atom. The fraction of sp³-hybridized carbons (Fsp3) is 0.160. The van der Waals surface area contributed by atoms with Crippen LogP contribution in [0.15, 0.2) is 66.9 Å². The van der Waals surface area contributed by atoms with E-state index in [0.717, 1.165) is 27.0 Å². The summed E-state index contributed by atoms with van der Waals surface area (Å²) >= 11 is 1.55. The maximum atomic E-state index is 13.9. The average molecular weight is 427 g/mol. The highest BCUT2D eigenvalue weighted by Gasteiger charge is 2.26. The first-order valence-corrected chi connectivity index (χ1v) is 11.0. The number of imidazole rings is 1. The molecule has 0 aliphatic rings. The number of carbonyl (C=O) groups excluding carboxylic acids is 1. The van der Waals surface area contributed by atoms with Crippen LogP contribution < -0.4 is 4.90 Å². The van der Waals surface area contributed by atoms with Gasteiger partial charge in [0.25, 0.3) is 5.91 Å². The first-order chi connectivity index (χ1) is 15.0. The number of thiazole rings is 1. The zero-order valence-corrected chi connectivity index (χ0v) is 18.5. The van der Waals surface area contributed by atoms with Gasteiger partial charge in [0, 0.05) is 6.20 Å². The molecular formula is C25H22N4OS. The molecule has 6 heteroatoms. The second kappa shape index (κ2) is 7.63. The number of carbonyl (C=O) groups is 1. The third kappa shape index (κ3) is 3.49. The van der Waals surface area contributed by atoms with Gasteiger partial charge in [0.15, 0.2) is 5.13 Å². The highest BCUT2D eigenvalue weighted by atomic mass is 32.1. The summed E-state index contributed by atoms with van der Waals surface area (Å²) in [7, 11) is 0. The van der Waals surface area contributed by atoms with Gasteiger partial charge in [-0.05, 0) is 55.7 Å². The zero-order chi connectivity index (χ0) is 21.5. The largest absolute Gasteiger partial charge is 0.295 e. The van der Waals surface area contributed by atoms with Crippen molar-refractivity contribution in [3.8, 4) is 0 Å². The minimum Gasteiger partial charge on any atom is -0.295 e. The number of anilines is 1. The van der Waals surface area contributed by atoms with E-state index in [0.29, 0.717) is 23.1 Å². The number of benzene rings is 2. The first-order valence-electron chi connectivity index (χ1n) is 10.2. The van der Waals surface area contributed by atoms with E-state index in [1.54, 1.807) is 16.2 Å². The van der Waals surface area contributed by atoms with Gasteiger partial charge in [-0.2, -0.15) is 0 Å². The van der Waals surface area contributed by atoms with Gasteiger partial charge in [-0.3, -0.25) is 14.1 Å². The molecule has 0 spiro atoms. The van der Waals surface area contributed by atoms with Crippen LogP contribution >= 0.6 is 11.3 Å². The molecule has 0 N–H and O–H groups in total. The predicted octanol–water partition coefficient (Wildman–Crippen LogP) is 5.72. The average Bonchev–Trinajstić information content (AvgIpc) is 3.32. The topological polar surface area (TPSA) is 50.5 Å². The monoisotopic (exact) mass is 426 g/mol. The summed E-state index contributed by atoms with van der Waals surface area (Å²) in [4.78, 5) is 25.2. The molecule has 0 radical (unpaired) electrons. The second-order valence-electron chi connectivity index (χ2n) is 7.78. The van der Waals surface area contributed by atoms with Crippen LogP contribution in [0.5, 0.6) is 0 Å². The normalized spacial score (nSPS) is 11.3. The minimum absolute atomic E-state index is 0.103. The third-order valence-electron chi connectivity index (χ3n) is 5.38. The molecule has 5 rings (SSSR count). The molecule has 0 fully saturated rings. The quantitative estimate of drug-likeness (QED) is 0.369. The van der Waals surface area contributed by atoms with Crippen LogP contribution in [0.2, 0.25) is 0 Å². The number of aromatic nitrogens is 3. The lowest BCUT2D eigenvalue weighted by molar-refractivity contribution is 0.0979. The highest BCUT2D eigenvalue weighted by molar-refractivity contribution is 7.22. The number of rotatable bonds is 4. The Labute approximate surface area is 184 Å². The van der Waals surface area contributed by atoms with Crippen molar-refractivity contribution in [2.24, 2.45) is 0 Å². The number of nitrogens with zero attached hydrogens (tertiary/aromatic N) is 4. The summed E-state index contributed by atoms with van der Waals surface area (Å²) in [6, 6.07) is 20.0. The summed E-state index contributed by atoms with van der Waals surface area (Å²) in [6.45, 7) is 6.47. The lowest BCUT2D eigenvalue weighted by Crippen LogP contribution is -2.31. The smallest absolute Gasteiger partial charge is 0.279 e.